The van der Waals surface area contributed by atoms with Crippen LogP contribution in [-0.2, 0) is 36.8 Å². The number of hydrogen-bond donors (Lipinski definition) is 1. The van der Waals surface area contributed by atoms with Crippen molar-refractivity contribution in [1.82, 2.24) is 14.4 Å². The van der Waals surface area contributed by atoms with E-state index in [-0.39, 0.29) is 46.4 Å². The Labute approximate surface area is 350 Å². The number of ether oxygens (including phenoxy) is 1. The van der Waals surface area contributed by atoms with Gasteiger partial charge in [-0.2, -0.15) is 13.2 Å². The van der Waals surface area contributed by atoms with E-state index in [0.29, 0.717) is 73.1 Å². The number of aromatic hydroxyl groups is 1. The molecule has 1 saturated heterocycles. The van der Waals surface area contributed by atoms with Crippen molar-refractivity contribution in [1.29, 1.82) is 0 Å². The Hall–Kier alpha value is -4.46. The first-order valence-electron chi connectivity index (χ1n) is 19.1. The first-order valence-corrected chi connectivity index (χ1v) is 20.7. The van der Waals surface area contributed by atoms with Gasteiger partial charge in [-0.25, -0.2) is 0 Å². The maximum absolute atomic E-state index is 15.0. The van der Waals surface area contributed by atoms with E-state index < -0.39 is 17.6 Å². The Bertz CT molecular complexity index is 2310. The van der Waals surface area contributed by atoms with Crippen molar-refractivity contribution in [3.05, 3.63) is 130 Å². The summed E-state index contributed by atoms with van der Waals surface area (Å²) in [6.07, 6.45) is -0.176. The van der Waals surface area contributed by atoms with E-state index in [2.05, 4.69) is 21.6 Å². The van der Waals surface area contributed by atoms with Crippen LogP contribution >= 0.6 is 35.8 Å². The van der Waals surface area contributed by atoms with Crippen molar-refractivity contribution < 1.29 is 32.6 Å². The van der Waals surface area contributed by atoms with E-state index in [1.54, 1.807) is 30.5 Å². The zero-order valence-corrected chi connectivity index (χ0v) is 34.2. The van der Waals surface area contributed by atoms with Crippen LogP contribution in [0.2, 0.25) is 5.02 Å². The standard InChI is InChI=1S/C44H42ClF3N4O4S.ClH/c1-57-41-16-12-32(24-38(41)44(46,47)48)52(31-10-13-34(53)14-11-31)43(55)37-25-40(50-17-5-4-8-39(37)50)36-23-30(45)9-15-35(36)42(54)51-26-29-7-3-2-6-28(29)22-33(51)27-49-18-20-56-21-19-49;/h2-3,6-7,9-16,23-25,33,53H,4-5,8,17-22,26-27H2,1H3;1H/t33-;/m0./s1. The van der Waals surface area contributed by atoms with Crippen LogP contribution in [-0.4, -0.2) is 76.4 Å². The first-order chi connectivity index (χ1) is 27.5. The normalized spacial score (nSPS) is 16.9. The lowest BCUT2D eigenvalue weighted by atomic mass is 9.92. The van der Waals surface area contributed by atoms with E-state index in [9.17, 15) is 27.9 Å². The average Bonchev–Trinajstić information content (AvgIpc) is 3.61. The molecule has 0 aliphatic carbocycles. The molecular weight excluding hydrogens is 808 g/mol. The van der Waals surface area contributed by atoms with E-state index in [1.165, 1.54) is 46.9 Å². The summed E-state index contributed by atoms with van der Waals surface area (Å²) in [5.41, 5.74) is 4.52. The van der Waals surface area contributed by atoms with Crippen molar-refractivity contribution in [3.63, 3.8) is 0 Å². The lowest BCUT2D eigenvalue weighted by molar-refractivity contribution is -0.139. The molecule has 1 atom stereocenters. The number of hydrogen-bond acceptors (Lipinski definition) is 6. The van der Waals surface area contributed by atoms with Gasteiger partial charge in [0.1, 0.15) is 5.75 Å². The number of benzene rings is 4. The topological polar surface area (TPSA) is 78.2 Å². The van der Waals surface area contributed by atoms with Crippen LogP contribution in [0, 0.1) is 0 Å². The fraction of sp³-hybridized carbons (Fsp3) is 0.318. The maximum Gasteiger partial charge on any atom is 0.417 e. The SMILES string of the molecule is CSc1ccc(N(C(=O)c2cc(-c3cc(Cl)ccc3C(=O)N3Cc4ccccc4C[C@H]3CN3CCOCC3)n3c2CCCC3)c2ccc(O)cc2)cc1C(F)(F)F.Cl. The highest BCUT2D eigenvalue weighted by Gasteiger charge is 2.37. The molecule has 8 nitrogen and oxygen atoms in total. The Balaban J connectivity index is 0.00000512. The van der Waals surface area contributed by atoms with E-state index in [4.69, 9.17) is 16.3 Å². The summed E-state index contributed by atoms with van der Waals surface area (Å²) < 4.78 is 50.7. The number of anilines is 2. The summed E-state index contributed by atoms with van der Waals surface area (Å²) in [7, 11) is 0. The van der Waals surface area contributed by atoms with Gasteiger partial charge in [0.05, 0.1) is 24.3 Å². The van der Waals surface area contributed by atoms with Gasteiger partial charge in [0.25, 0.3) is 11.8 Å². The zero-order chi connectivity index (χ0) is 39.8. The number of morpholine rings is 1. The van der Waals surface area contributed by atoms with Gasteiger partial charge in [0.2, 0.25) is 0 Å². The molecule has 0 unspecified atom stereocenters. The van der Waals surface area contributed by atoms with Crippen LogP contribution < -0.4 is 4.90 Å². The smallest absolute Gasteiger partial charge is 0.417 e. The predicted octanol–water partition coefficient (Wildman–Crippen LogP) is 9.89. The molecule has 3 aliphatic rings. The fourth-order valence-corrected chi connectivity index (χ4v) is 9.16. The average molecular weight is 852 g/mol. The number of aromatic nitrogens is 1. The Morgan fingerprint density at radius 2 is 1.62 bits per heavy atom. The summed E-state index contributed by atoms with van der Waals surface area (Å²) in [4.78, 5) is 35.6. The van der Waals surface area contributed by atoms with Crippen LogP contribution in [0.1, 0.15) is 55.9 Å². The van der Waals surface area contributed by atoms with Gasteiger partial charge < -0.3 is 19.3 Å². The number of halogens is 5. The minimum atomic E-state index is -4.66. The van der Waals surface area contributed by atoms with E-state index in [1.807, 2.05) is 17.0 Å². The second-order valence-corrected chi connectivity index (χ2v) is 16.0. The predicted molar refractivity (Wildman–Crippen MR) is 224 cm³/mol. The lowest BCUT2D eigenvalue weighted by Gasteiger charge is -2.40. The van der Waals surface area contributed by atoms with Gasteiger partial charge in [0, 0.05) is 82.6 Å². The molecule has 5 aromatic rings. The van der Waals surface area contributed by atoms with Crippen molar-refractivity contribution in [2.45, 2.75) is 55.9 Å². The number of amides is 2. The summed E-state index contributed by atoms with van der Waals surface area (Å²) in [6.45, 7) is 4.60. The molecule has 0 spiro atoms. The van der Waals surface area contributed by atoms with Crippen molar-refractivity contribution in [2.24, 2.45) is 0 Å². The van der Waals surface area contributed by atoms with Crippen molar-refractivity contribution in [3.8, 4) is 17.0 Å². The molecule has 8 rings (SSSR count). The van der Waals surface area contributed by atoms with Crippen LogP contribution in [0.4, 0.5) is 24.5 Å². The summed E-state index contributed by atoms with van der Waals surface area (Å²) >= 11 is 7.67. The fourth-order valence-electron chi connectivity index (χ4n) is 8.39. The van der Waals surface area contributed by atoms with Crippen LogP contribution in [0.5, 0.6) is 5.75 Å². The zero-order valence-electron chi connectivity index (χ0n) is 31.8. The maximum atomic E-state index is 15.0. The number of fused-ring (bicyclic) bond motifs is 2. The monoisotopic (exact) mass is 850 g/mol. The van der Waals surface area contributed by atoms with Crippen LogP contribution in [0.25, 0.3) is 11.3 Å². The second-order valence-electron chi connectivity index (χ2n) is 14.7. The third kappa shape index (κ3) is 8.35. The van der Waals surface area contributed by atoms with Gasteiger partial charge in [-0.15, -0.1) is 24.2 Å². The van der Waals surface area contributed by atoms with Crippen molar-refractivity contribution >= 4 is 59.0 Å². The van der Waals surface area contributed by atoms with Crippen LogP contribution in [0.3, 0.4) is 0 Å². The minimum Gasteiger partial charge on any atom is -0.508 e. The largest absolute Gasteiger partial charge is 0.508 e. The number of phenolic OH excluding ortho intramolecular Hbond substituents is 1. The number of carbonyl (C=O) groups is 2. The van der Waals surface area contributed by atoms with Crippen LogP contribution in [0.15, 0.2) is 95.9 Å². The Kier molecular flexibility index (Phi) is 12.5. The molecule has 304 valence electrons. The molecule has 14 heteroatoms. The Morgan fingerprint density at radius 3 is 2.34 bits per heavy atom. The molecule has 0 bridgehead atoms. The third-order valence-corrected chi connectivity index (χ3v) is 12.2. The molecule has 0 radical (unpaired) electrons. The number of rotatable bonds is 8. The number of carbonyl (C=O) groups excluding carboxylic acids is 2. The van der Waals surface area contributed by atoms with E-state index >= 15 is 0 Å². The second kappa shape index (κ2) is 17.4. The molecule has 3 aliphatic heterocycles. The number of alkyl halides is 3. The quantitative estimate of drug-likeness (QED) is 0.157. The van der Waals surface area contributed by atoms with E-state index in [0.717, 1.165) is 55.0 Å². The molecule has 2 amide bonds. The first kappa shape index (κ1) is 41.7. The highest BCUT2D eigenvalue weighted by atomic mass is 35.5. The Morgan fingerprint density at radius 1 is 0.897 bits per heavy atom. The van der Waals surface area contributed by atoms with Crippen molar-refractivity contribution in [2.75, 3.05) is 44.0 Å². The minimum absolute atomic E-state index is 0. The lowest BCUT2D eigenvalue weighted by Crippen LogP contribution is -2.52. The summed E-state index contributed by atoms with van der Waals surface area (Å²) in [5, 5.41) is 10.5. The number of phenols is 1. The van der Waals surface area contributed by atoms with Gasteiger partial charge >= 0.3 is 6.18 Å². The van der Waals surface area contributed by atoms with Gasteiger partial charge in [-0.3, -0.25) is 19.4 Å². The molecule has 1 N–H and O–H groups in total. The molecule has 1 aromatic heterocycles. The summed E-state index contributed by atoms with van der Waals surface area (Å²) in [6, 6.07) is 24.8. The highest BCUT2D eigenvalue weighted by molar-refractivity contribution is 7.98. The van der Waals surface area contributed by atoms with Gasteiger partial charge in [-0.1, -0.05) is 35.9 Å². The molecule has 0 saturated carbocycles. The molecule has 4 heterocycles. The third-order valence-electron chi connectivity index (χ3n) is 11.2. The molecular formula is C44H43Cl2F3N4O4S. The highest BCUT2D eigenvalue weighted by Crippen LogP contribution is 2.42. The molecule has 4 aromatic carbocycles. The summed E-state index contributed by atoms with van der Waals surface area (Å²) in [5.74, 6) is -0.727. The molecule has 58 heavy (non-hydrogen) atoms. The number of nitrogens with zero attached hydrogens (tertiary/aromatic N) is 4. The number of thioether (sulfide) groups is 1. The van der Waals surface area contributed by atoms with Gasteiger partial charge in [-0.05, 0) is 110 Å². The molecule has 1 fully saturated rings. The van der Waals surface area contributed by atoms with Gasteiger partial charge in [0.15, 0.2) is 0 Å².